The van der Waals surface area contributed by atoms with Crippen LogP contribution in [0.25, 0.3) is 0 Å². The molecule has 0 radical (unpaired) electrons. The Morgan fingerprint density at radius 3 is 1.81 bits per heavy atom. The number of amides is 1. The van der Waals surface area contributed by atoms with Crippen molar-refractivity contribution >= 4 is 11.9 Å². The second-order valence-electron chi connectivity index (χ2n) is 4.28. The van der Waals surface area contributed by atoms with Crippen molar-refractivity contribution in [3.63, 3.8) is 0 Å². The first-order valence-corrected chi connectivity index (χ1v) is 6.33. The van der Waals surface area contributed by atoms with Crippen molar-refractivity contribution in [3.8, 4) is 0 Å². The number of rotatable bonds is 3. The standard InChI is InChI=1S/C9H11NO2.C7H6O2/c1-7(9(11)10-12)8-5-3-2-4-6-8;8-7(9)6-4-2-1-3-5-6/h2-7,12H,1H3,(H,10,11);1-5H,(H,8,9). The second kappa shape index (κ2) is 8.50. The summed E-state index contributed by atoms with van der Waals surface area (Å²) in [5.74, 6) is -1.58. The highest BCUT2D eigenvalue weighted by atomic mass is 16.5. The first-order chi connectivity index (χ1) is 10.1. The Hall–Kier alpha value is -2.66. The minimum absolute atomic E-state index is 0.309. The quantitative estimate of drug-likeness (QED) is 0.598. The lowest BCUT2D eigenvalue weighted by molar-refractivity contribution is -0.130. The smallest absolute Gasteiger partial charge is 0.335 e. The van der Waals surface area contributed by atoms with Crippen LogP contribution >= 0.6 is 0 Å². The van der Waals surface area contributed by atoms with E-state index in [0.717, 1.165) is 5.56 Å². The van der Waals surface area contributed by atoms with Gasteiger partial charge in [-0.2, -0.15) is 0 Å². The van der Waals surface area contributed by atoms with Gasteiger partial charge in [-0.05, 0) is 24.6 Å². The molecule has 1 unspecified atom stereocenters. The predicted octanol–water partition coefficient (Wildman–Crippen LogP) is 2.68. The minimum Gasteiger partial charge on any atom is -0.478 e. The molecule has 0 aromatic heterocycles. The molecule has 0 bridgehead atoms. The van der Waals surface area contributed by atoms with Gasteiger partial charge < -0.3 is 5.11 Å². The second-order valence-corrected chi connectivity index (χ2v) is 4.28. The molecular weight excluding hydrogens is 270 g/mol. The number of carboxylic acids is 1. The summed E-state index contributed by atoms with van der Waals surface area (Å²) in [5, 5.41) is 16.8. The van der Waals surface area contributed by atoms with Gasteiger partial charge in [0.1, 0.15) is 0 Å². The number of hydrogen-bond donors (Lipinski definition) is 3. The topological polar surface area (TPSA) is 86.6 Å². The Bertz CT molecular complexity index is 569. The Kier molecular flexibility index (Phi) is 6.63. The zero-order chi connectivity index (χ0) is 15.7. The van der Waals surface area contributed by atoms with Crippen LogP contribution in [0.3, 0.4) is 0 Å². The molecule has 0 aliphatic carbocycles. The van der Waals surface area contributed by atoms with Gasteiger partial charge in [-0.25, -0.2) is 10.3 Å². The van der Waals surface area contributed by atoms with Crippen LogP contribution in [0, 0.1) is 0 Å². The molecule has 1 amide bonds. The van der Waals surface area contributed by atoms with Crippen molar-refractivity contribution in [2.75, 3.05) is 0 Å². The summed E-state index contributed by atoms with van der Waals surface area (Å²) in [6.45, 7) is 1.74. The lowest BCUT2D eigenvalue weighted by Gasteiger charge is -2.08. The van der Waals surface area contributed by atoms with Gasteiger partial charge in [0.05, 0.1) is 11.5 Å². The van der Waals surface area contributed by atoms with Crippen LogP contribution in [0.1, 0.15) is 28.8 Å². The van der Waals surface area contributed by atoms with Crippen LogP contribution in [0.5, 0.6) is 0 Å². The number of carbonyl (C=O) groups is 2. The Labute approximate surface area is 122 Å². The highest BCUT2D eigenvalue weighted by Gasteiger charge is 2.12. The van der Waals surface area contributed by atoms with E-state index in [9.17, 15) is 9.59 Å². The lowest BCUT2D eigenvalue weighted by atomic mass is 10.0. The minimum atomic E-state index is -0.879. The molecular formula is C16H17NO4. The van der Waals surface area contributed by atoms with E-state index in [1.165, 1.54) is 0 Å². The normalized spacial score (nSPS) is 10.8. The van der Waals surface area contributed by atoms with E-state index in [0.29, 0.717) is 5.56 Å². The number of hydrogen-bond acceptors (Lipinski definition) is 3. The fourth-order valence-corrected chi connectivity index (χ4v) is 1.57. The van der Waals surface area contributed by atoms with Gasteiger partial charge in [-0.15, -0.1) is 0 Å². The zero-order valence-electron chi connectivity index (χ0n) is 11.6. The number of aromatic carboxylic acids is 1. The third-order valence-corrected chi connectivity index (χ3v) is 2.82. The van der Waals surface area contributed by atoms with Crippen molar-refractivity contribution in [3.05, 3.63) is 71.8 Å². The summed E-state index contributed by atoms with van der Waals surface area (Å²) < 4.78 is 0. The first kappa shape index (κ1) is 16.4. The van der Waals surface area contributed by atoms with Gasteiger partial charge in [-0.3, -0.25) is 10.0 Å². The highest BCUT2D eigenvalue weighted by Crippen LogP contribution is 2.13. The van der Waals surface area contributed by atoms with Gasteiger partial charge in [0.2, 0.25) is 0 Å². The molecule has 2 aromatic rings. The van der Waals surface area contributed by atoms with Crippen molar-refractivity contribution in [1.82, 2.24) is 5.48 Å². The van der Waals surface area contributed by atoms with Crippen LogP contribution in [-0.4, -0.2) is 22.2 Å². The molecule has 2 rings (SSSR count). The fraction of sp³-hybridized carbons (Fsp3) is 0.125. The molecule has 5 nitrogen and oxygen atoms in total. The van der Waals surface area contributed by atoms with E-state index in [-0.39, 0.29) is 11.8 Å². The molecule has 0 heterocycles. The van der Waals surface area contributed by atoms with E-state index in [1.54, 1.807) is 42.7 Å². The van der Waals surface area contributed by atoms with Gasteiger partial charge >= 0.3 is 5.97 Å². The van der Waals surface area contributed by atoms with Crippen molar-refractivity contribution in [1.29, 1.82) is 0 Å². The Morgan fingerprint density at radius 2 is 1.43 bits per heavy atom. The van der Waals surface area contributed by atoms with Crippen molar-refractivity contribution in [2.45, 2.75) is 12.8 Å². The monoisotopic (exact) mass is 287 g/mol. The molecule has 0 fully saturated rings. The van der Waals surface area contributed by atoms with Gasteiger partial charge in [0.15, 0.2) is 0 Å². The van der Waals surface area contributed by atoms with Crippen LogP contribution in [0.2, 0.25) is 0 Å². The van der Waals surface area contributed by atoms with Gasteiger partial charge in [0.25, 0.3) is 5.91 Å². The Morgan fingerprint density at radius 1 is 0.952 bits per heavy atom. The average Bonchev–Trinajstić information content (AvgIpc) is 2.55. The molecule has 0 saturated heterocycles. The maximum atomic E-state index is 11.0. The molecule has 2 aromatic carbocycles. The van der Waals surface area contributed by atoms with E-state index < -0.39 is 5.97 Å². The zero-order valence-corrected chi connectivity index (χ0v) is 11.6. The summed E-state index contributed by atoms with van der Waals surface area (Å²) in [6, 6.07) is 17.6. The summed E-state index contributed by atoms with van der Waals surface area (Å²) in [6.07, 6.45) is 0. The van der Waals surface area contributed by atoms with Crippen LogP contribution in [0.15, 0.2) is 60.7 Å². The van der Waals surface area contributed by atoms with Gasteiger partial charge in [0, 0.05) is 0 Å². The number of carbonyl (C=O) groups excluding carboxylic acids is 1. The van der Waals surface area contributed by atoms with E-state index in [2.05, 4.69) is 0 Å². The van der Waals surface area contributed by atoms with Crippen LogP contribution < -0.4 is 5.48 Å². The number of carboxylic acid groups (broad SMARTS) is 1. The summed E-state index contributed by atoms with van der Waals surface area (Å²) in [4.78, 5) is 21.2. The van der Waals surface area contributed by atoms with Gasteiger partial charge in [-0.1, -0.05) is 48.5 Å². The van der Waals surface area contributed by atoms with E-state index in [4.69, 9.17) is 10.3 Å². The third-order valence-electron chi connectivity index (χ3n) is 2.82. The fourth-order valence-electron chi connectivity index (χ4n) is 1.57. The summed E-state index contributed by atoms with van der Waals surface area (Å²) in [5.41, 5.74) is 2.85. The SMILES string of the molecule is CC(C(=O)NO)c1ccccc1.O=C(O)c1ccccc1. The molecule has 0 aliphatic rings. The summed E-state index contributed by atoms with van der Waals surface area (Å²) >= 11 is 0. The predicted molar refractivity (Wildman–Crippen MR) is 78.2 cm³/mol. The van der Waals surface area contributed by atoms with E-state index >= 15 is 0 Å². The first-order valence-electron chi connectivity index (χ1n) is 6.33. The maximum Gasteiger partial charge on any atom is 0.335 e. The number of hydroxylamine groups is 1. The molecule has 21 heavy (non-hydrogen) atoms. The molecule has 3 N–H and O–H groups in total. The van der Waals surface area contributed by atoms with E-state index in [1.807, 2.05) is 30.3 Å². The molecule has 5 heteroatoms. The van der Waals surface area contributed by atoms with Crippen molar-refractivity contribution in [2.24, 2.45) is 0 Å². The third kappa shape index (κ3) is 5.46. The number of nitrogens with one attached hydrogen (secondary N) is 1. The molecule has 0 saturated carbocycles. The average molecular weight is 287 g/mol. The summed E-state index contributed by atoms with van der Waals surface area (Å²) in [7, 11) is 0. The number of benzene rings is 2. The van der Waals surface area contributed by atoms with Crippen LogP contribution in [0.4, 0.5) is 0 Å². The largest absolute Gasteiger partial charge is 0.478 e. The molecule has 0 spiro atoms. The highest BCUT2D eigenvalue weighted by molar-refractivity contribution is 5.87. The molecule has 110 valence electrons. The molecule has 0 aliphatic heterocycles. The lowest BCUT2D eigenvalue weighted by Crippen LogP contribution is -2.24. The molecule has 1 atom stereocenters. The van der Waals surface area contributed by atoms with Crippen molar-refractivity contribution < 1.29 is 19.9 Å². The Balaban J connectivity index is 0.000000219. The maximum absolute atomic E-state index is 11.0. The van der Waals surface area contributed by atoms with Crippen LogP contribution in [-0.2, 0) is 4.79 Å².